The highest BCUT2D eigenvalue weighted by molar-refractivity contribution is 5.73. The maximum absolute atomic E-state index is 12.5. The molecule has 0 aromatic heterocycles. The Morgan fingerprint density at radius 1 is 0.358 bits per heavy atom. The minimum Gasteiger partial charge on any atom is -0.457 e. The van der Waals surface area contributed by atoms with E-state index in [9.17, 15) is 39.5 Å². The predicted molar refractivity (Wildman–Crippen MR) is 254 cm³/mol. The lowest BCUT2D eigenvalue weighted by atomic mass is 9.98. The zero-order valence-corrected chi connectivity index (χ0v) is 39.0. The highest BCUT2D eigenvalue weighted by Crippen LogP contribution is 2.40. The molecule has 0 heterocycles. The molecule has 4 aromatic carbocycles. The largest absolute Gasteiger partial charge is 0.457 e. The van der Waals surface area contributed by atoms with Crippen molar-refractivity contribution in [1.29, 1.82) is 0 Å². The van der Waals surface area contributed by atoms with Gasteiger partial charge in [0.05, 0.1) is 0 Å². The number of ether oxygens (including phenoxy) is 2. The van der Waals surface area contributed by atoms with Crippen molar-refractivity contribution in [3.05, 3.63) is 95.6 Å². The second-order valence-electron chi connectivity index (χ2n) is 18.1. The summed E-state index contributed by atoms with van der Waals surface area (Å²) in [5, 5.41) is 0. The van der Waals surface area contributed by atoms with Crippen LogP contribution in [0, 0.1) is 0 Å². The molecule has 13 heteroatoms. The van der Waals surface area contributed by atoms with Gasteiger partial charge in [-0.1, -0.05) is 121 Å². The van der Waals surface area contributed by atoms with E-state index in [1.165, 1.54) is 0 Å². The summed E-state index contributed by atoms with van der Waals surface area (Å²) in [5.41, 5.74) is 18.5. The van der Waals surface area contributed by atoms with Gasteiger partial charge >= 0.3 is 18.5 Å². The number of aryl methyl sites for hydroxylation is 3. The van der Waals surface area contributed by atoms with Gasteiger partial charge in [-0.3, -0.25) is 0 Å². The first-order valence-corrected chi connectivity index (χ1v) is 24.5. The van der Waals surface area contributed by atoms with E-state index in [1.807, 2.05) is 54.6 Å². The van der Waals surface area contributed by atoms with Crippen molar-refractivity contribution in [2.75, 3.05) is 11.5 Å². The normalized spacial score (nSPS) is 12.2. The van der Waals surface area contributed by atoms with Crippen LogP contribution >= 0.6 is 0 Å². The number of alkyl halides is 9. The van der Waals surface area contributed by atoms with Gasteiger partial charge in [0, 0.05) is 36.2 Å². The third-order valence-electron chi connectivity index (χ3n) is 12.0. The van der Waals surface area contributed by atoms with Gasteiger partial charge in [0.2, 0.25) is 0 Å². The molecule has 0 aliphatic heterocycles. The summed E-state index contributed by atoms with van der Waals surface area (Å²) >= 11 is 0. The van der Waals surface area contributed by atoms with E-state index in [0.29, 0.717) is 53.6 Å². The molecule has 0 radical (unpaired) electrons. The van der Waals surface area contributed by atoms with E-state index < -0.39 is 37.8 Å². The van der Waals surface area contributed by atoms with Crippen LogP contribution in [0.1, 0.15) is 171 Å². The van der Waals surface area contributed by atoms with Crippen LogP contribution in [0.25, 0.3) is 11.1 Å². The van der Waals surface area contributed by atoms with Gasteiger partial charge in [-0.15, -0.1) is 0 Å². The molecule has 0 saturated heterocycles. The Kier molecular flexibility index (Phi) is 23.6. The Morgan fingerprint density at radius 3 is 1.19 bits per heavy atom. The average Bonchev–Trinajstić information content (AvgIpc) is 3.25. The second kappa shape index (κ2) is 28.7. The molecule has 4 N–H and O–H groups in total. The topological polar surface area (TPSA) is 70.5 Å². The molecule has 0 bridgehead atoms. The van der Waals surface area contributed by atoms with Gasteiger partial charge in [-0.05, 0) is 135 Å². The highest BCUT2D eigenvalue weighted by Gasteiger charge is 2.27. The molecule has 0 atom stereocenters. The quantitative estimate of drug-likeness (QED) is 0.0291. The molecular formula is C54H71F9N2O2. The third kappa shape index (κ3) is 23.8. The fraction of sp³-hybridized carbons (Fsp3) is 0.556. The van der Waals surface area contributed by atoms with Gasteiger partial charge in [0.1, 0.15) is 23.0 Å². The minimum atomic E-state index is -4.10. The molecule has 4 nitrogen and oxygen atoms in total. The SMILES string of the molecule is Nc1ccc(Oc2ccc(Oc3ccc(N)cc3CCCCCCCCCC(F)(F)F)c(-c3cccc(CCCCCCCCCC(F)(F)F)c3)c2)c(CCCCCCCCCC(F)(F)F)c1. The van der Waals surface area contributed by atoms with Gasteiger partial charge in [-0.25, -0.2) is 0 Å². The van der Waals surface area contributed by atoms with E-state index in [2.05, 4.69) is 12.1 Å². The smallest absolute Gasteiger partial charge is 0.389 e. The summed E-state index contributed by atoms with van der Waals surface area (Å²) in [6.07, 6.45) is 3.56. The van der Waals surface area contributed by atoms with Crippen molar-refractivity contribution in [2.45, 2.75) is 192 Å². The number of unbranched alkanes of at least 4 members (excludes halogenated alkanes) is 18. The maximum Gasteiger partial charge on any atom is 0.389 e. The Hall–Kier alpha value is -4.55. The van der Waals surface area contributed by atoms with Crippen LogP contribution in [-0.4, -0.2) is 18.5 Å². The van der Waals surface area contributed by atoms with Gasteiger partial charge < -0.3 is 20.9 Å². The van der Waals surface area contributed by atoms with E-state index in [-0.39, 0.29) is 19.3 Å². The molecule has 0 spiro atoms. The monoisotopic (exact) mass is 951 g/mol. The van der Waals surface area contributed by atoms with E-state index in [1.54, 1.807) is 12.1 Å². The van der Waals surface area contributed by atoms with E-state index in [4.69, 9.17) is 20.9 Å². The molecule has 0 aliphatic carbocycles. The Balaban J connectivity index is 1.45. The first-order valence-electron chi connectivity index (χ1n) is 24.5. The van der Waals surface area contributed by atoms with Crippen LogP contribution in [0.2, 0.25) is 0 Å². The lowest BCUT2D eigenvalue weighted by Gasteiger charge is -2.18. The van der Waals surface area contributed by atoms with Crippen LogP contribution in [0.15, 0.2) is 78.9 Å². The average molecular weight is 951 g/mol. The molecule has 4 aromatic rings. The van der Waals surface area contributed by atoms with Gasteiger partial charge in [-0.2, -0.15) is 39.5 Å². The highest BCUT2D eigenvalue weighted by atomic mass is 19.4. The zero-order chi connectivity index (χ0) is 48.5. The second-order valence-corrected chi connectivity index (χ2v) is 18.1. The van der Waals surface area contributed by atoms with Crippen molar-refractivity contribution >= 4 is 11.4 Å². The number of nitrogen functional groups attached to an aromatic ring is 2. The van der Waals surface area contributed by atoms with E-state index in [0.717, 1.165) is 143 Å². The number of halogens is 9. The molecule has 0 aliphatic rings. The minimum absolute atomic E-state index is 0.168. The third-order valence-corrected chi connectivity index (χ3v) is 12.0. The van der Waals surface area contributed by atoms with Gasteiger partial charge in [0.25, 0.3) is 0 Å². The maximum atomic E-state index is 12.5. The number of benzene rings is 4. The fourth-order valence-electron chi connectivity index (χ4n) is 8.40. The summed E-state index contributed by atoms with van der Waals surface area (Å²) in [4.78, 5) is 0. The molecule has 67 heavy (non-hydrogen) atoms. The number of anilines is 2. The lowest BCUT2D eigenvalue weighted by molar-refractivity contribution is -0.136. The molecule has 372 valence electrons. The first-order chi connectivity index (χ1) is 31.9. The van der Waals surface area contributed by atoms with E-state index >= 15 is 0 Å². The van der Waals surface area contributed by atoms with Crippen LogP contribution in [0.3, 0.4) is 0 Å². The van der Waals surface area contributed by atoms with Crippen LogP contribution in [0.4, 0.5) is 50.9 Å². The molecule has 0 saturated carbocycles. The number of hydrogen-bond donors (Lipinski definition) is 2. The van der Waals surface area contributed by atoms with Crippen LogP contribution in [-0.2, 0) is 19.3 Å². The Labute approximate surface area is 392 Å². The molecule has 0 fully saturated rings. The summed E-state index contributed by atoms with van der Waals surface area (Å²) in [5.74, 6) is 2.57. The molecule has 4 rings (SSSR count). The predicted octanol–water partition coefficient (Wildman–Crippen LogP) is 18.8. The van der Waals surface area contributed by atoms with Crippen LogP contribution < -0.4 is 20.9 Å². The molecular weight excluding hydrogens is 880 g/mol. The molecule has 0 amide bonds. The van der Waals surface area contributed by atoms with Gasteiger partial charge in [0.15, 0.2) is 0 Å². The summed E-state index contributed by atoms with van der Waals surface area (Å²) < 4.78 is 126. The Bertz CT molecular complexity index is 2010. The van der Waals surface area contributed by atoms with Crippen molar-refractivity contribution in [3.8, 4) is 34.1 Å². The zero-order valence-electron chi connectivity index (χ0n) is 39.0. The fourth-order valence-corrected chi connectivity index (χ4v) is 8.40. The van der Waals surface area contributed by atoms with Crippen molar-refractivity contribution in [3.63, 3.8) is 0 Å². The number of nitrogens with two attached hydrogens (primary N) is 2. The van der Waals surface area contributed by atoms with Crippen molar-refractivity contribution in [1.82, 2.24) is 0 Å². The summed E-state index contributed by atoms with van der Waals surface area (Å²) in [6.45, 7) is 0. The number of hydrogen-bond acceptors (Lipinski definition) is 4. The standard InChI is InChI=1S/C54H71F9N2O2/c55-52(56,57)34-19-13-7-1-4-10-16-23-41-24-22-27-42(37-41)48-40-47(66-49-31-28-45(64)38-43(49)25-17-11-5-2-8-14-20-35-53(58,59)60)30-33-51(48)67-50-32-29-46(65)39-44(50)26-18-12-6-3-9-15-21-36-54(61,62)63/h22,24,27-33,37-40H,1-21,23,25-26,34-36,64-65H2. The first kappa shape index (κ1) is 55.0. The lowest BCUT2D eigenvalue weighted by Crippen LogP contribution is -2.06. The Morgan fingerprint density at radius 2 is 0.746 bits per heavy atom. The van der Waals surface area contributed by atoms with Crippen LogP contribution in [0.5, 0.6) is 23.0 Å². The summed E-state index contributed by atoms with van der Waals surface area (Å²) in [7, 11) is 0. The van der Waals surface area contributed by atoms with Crippen molar-refractivity contribution in [2.24, 2.45) is 0 Å². The molecule has 0 unspecified atom stereocenters. The number of rotatable bonds is 32. The summed E-state index contributed by atoms with van der Waals surface area (Å²) in [6, 6.07) is 25.2. The van der Waals surface area contributed by atoms with Crippen molar-refractivity contribution < 1.29 is 49.0 Å².